The summed E-state index contributed by atoms with van der Waals surface area (Å²) in [6.07, 6.45) is -1.61. The van der Waals surface area contributed by atoms with Gasteiger partial charge in [0.1, 0.15) is 17.4 Å². The van der Waals surface area contributed by atoms with E-state index in [2.05, 4.69) is 0 Å². The molecule has 2 aromatic carbocycles. The van der Waals surface area contributed by atoms with Crippen molar-refractivity contribution < 1.29 is 34.2 Å². The standard InChI is InChI=1S/C22H25Cl2NO6/c1-4-29-19-8-5-14(10-20(21(26)27)31-13(2)3)9-15(19)12-30-22(28)25-18-7-6-16(23)11-17(18)24/h5-9,11,13,20H,4,10,12H2,1-3H3,(H,25,28)(H,26,27)/p+1. The van der Waals surface area contributed by atoms with Crippen LogP contribution in [0.25, 0.3) is 0 Å². The van der Waals surface area contributed by atoms with Gasteiger partial charge in [-0.1, -0.05) is 29.3 Å². The average molecular weight is 471 g/mol. The Labute approximate surface area is 191 Å². The number of carboxylic acid groups (broad SMARTS) is 1. The molecule has 1 amide bonds. The molecule has 2 aromatic rings. The molecule has 7 nitrogen and oxygen atoms in total. The van der Waals surface area contributed by atoms with Gasteiger partial charge in [-0.15, -0.1) is 0 Å². The number of hydrogen-bond acceptors (Lipinski definition) is 5. The maximum absolute atomic E-state index is 12.3. The van der Waals surface area contributed by atoms with Crippen LogP contribution in [0.5, 0.6) is 5.75 Å². The Kier molecular flexibility index (Phi) is 9.58. The Bertz CT molecular complexity index is 919. The van der Waals surface area contributed by atoms with Gasteiger partial charge in [0.05, 0.1) is 12.7 Å². The van der Waals surface area contributed by atoms with E-state index in [1.54, 1.807) is 44.2 Å². The van der Waals surface area contributed by atoms with Crippen LogP contribution in [0, 0.1) is 0 Å². The van der Waals surface area contributed by atoms with Crippen molar-refractivity contribution in [2.75, 3.05) is 6.61 Å². The molecule has 0 bridgehead atoms. The zero-order valence-corrected chi connectivity index (χ0v) is 19.1. The molecule has 0 saturated heterocycles. The fourth-order valence-corrected chi connectivity index (χ4v) is 3.30. The number of halogens is 2. The first-order chi connectivity index (χ1) is 14.7. The highest BCUT2D eigenvalue weighted by Crippen LogP contribution is 2.24. The van der Waals surface area contributed by atoms with Crippen molar-refractivity contribution >= 4 is 41.0 Å². The maximum Gasteiger partial charge on any atom is 0.518 e. The molecule has 0 aliphatic heterocycles. The number of primary amides is 1. The minimum atomic E-state index is -1.04. The first-order valence-corrected chi connectivity index (χ1v) is 10.5. The summed E-state index contributed by atoms with van der Waals surface area (Å²) in [6.45, 7) is 5.79. The van der Waals surface area contributed by atoms with Crippen LogP contribution in [0.2, 0.25) is 10.0 Å². The molecule has 1 atom stereocenters. The Morgan fingerprint density at radius 2 is 1.87 bits per heavy atom. The van der Waals surface area contributed by atoms with E-state index in [1.165, 1.54) is 11.4 Å². The summed E-state index contributed by atoms with van der Waals surface area (Å²) in [4.78, 5) is 23.7. The highest BCUT2D eigenvalue weighted by atomic mass is 35.5. The molecule has 168 valence electrons. The first-order valence-electron chi connectivity index (χ1n) is 9.79. The maximum atomic E-state index is 12.3. The van der Waals surface area contributed by atoms with Gasteiger partial charge < -0.3 is 19.3 Å². The fourth-order valence-electron chi connectivity index (χ4n) is 2.84. The topological polar surface area (TPSA) is 98.7 Å². The van der Waals surface area contributed by atoms with Crippen LogP contribution >= 0.6 is 23.2 Å². The molecule has 0 heterocycles. The van der Waals surface area contributed by atoms with Crippen LogP contribution in [0.4, 0.5) is 10.5 Å². The van der Waals surface area contributed by atoms with Crippen molar-refractivity contribution in [1.82, 2.24) is 0 Å². The Balaban J connectivity index is 2.11. The van der Waals surface area contributed by atoms with Crippen LogP contribution in [-0.4, -0.2) is 36.0 Å². The molecule has 0 aliphatic carbocycles. The molecule has 0 fully saturated rings. The number of quaternary nitrogens is 1. The van der Waals surface area contributed by atoms with Gasteiger partial charge in [0.2, 0.25) is 0 Å². The van der Waals surface area contributed by atoms with Gasteiger partial charge in [0, 0.05) is 23.1 Å². The molecule has 0 radical (unpaired) electrons. The fraction of sp³-hybridized carbons (Fsp3) is 0.364. The minimum Gasteiger partial charge on any atom is -0.493 e. The Morgan fingerprint density at radius 1 is 1.13 bits per heavy atom. The molecular weight excluding hydrogens is 445 g/mol. The lowest BCUT2D eigenvalue weighted by Gasteiger charge is -2.18. The van der Waals surface area contributed by atoms with Crippen LogP contribution in [0.1, 0.15) is 31.9 Å². The van der Waals surface area contributed by atoms with Crippen LogP contribution in [0.3, 0.4) is 0 Å². The number of carbonyl (C=O) groups is 2. The lowest BCUT2D eigenvalue weighted by atomic mass is 10.0. The predicted molar refractivity (Wildman–Crippen MR) is 117 cm³/mol. The normalized spacial score (nSPS) is 11.9. The lowest BCUT2D eigenvalue weighted by molar-refractivity contribution is -0.483. The lowest BCUT2D eigenvalue weighted by Crippen LogP contribution is -2.82. The Hall–Kier alpha value is -2.32. The van der Waals surface area contributed by atoms with Crippen molar-refractivity contribution in [3.63, 3.8) is 0 Å². The summed E-state index contributed by atoms with van der Waals surface area (Å²) in [5.74, 6) is -0.481. The minimum absolute atomic E-state index is 0.0491. The molecule has 31 heavy (non-hydrogen) atoms. The van der Waals surface area contributed by atoms with Crippen molar-refractivity contribution in [3.05, 3.63) is 57.6 Å². The van der Waals surface area contributed by atoms with Gasteiger partial charge in [-0.2, -0.15) is 4.79 Å². The second-order valence-corrected chi connectivity index (χ2v) is 7.85. The number of benzene rings is 2. The van der Waals surface area contributed by atoms with Gasteiger partial charge in [-0.05, 0) is 50.6 Å². The van der Waals surface area contributed by atoms with E-state index in [4.69, 9.17) is 37.4 Å². The number of hydrogen-bond donors (Lipinski definition) is 2. The molecule has 1 unspecified atom stereocenters. The number of rotatable bonds is 10. The molecule has 2 rings (SSSR count). The summed E-state index contributed by atoms with van der Waals surface area (Å²) in [5.41, 5.74) is 1.84. The molecule has 0 spiro atoms. The highest BCUT2D eigenvalue weighted by Gasteiger charge is 2.21. The first kappa shape index (κ1) is 24.9. The van der Waals surface area contributed by atoms with Gasteiger partial charge in [0.25, 0.3) is 0 Å². The molecule has 0 aromatic heterocycles. The number of carboxylic acids is 1. The average Bonchev–Trinajstić information content (AvgIpc) is 2.69. The molecule has 0 saturated carbocycles. The number of ether oxygens (including phenoxy) is 3. The number of aliphatic carboxylic acids is 1. The van der Waals surface area contributed by atoms with E-state index >= 15 is 0 Å². The third-order valence-electron chi connectivity index (χ3n) is 4.16. The Morgan fingerprint density at radius 3 is 2.48 bits per heavy atom. The largest absolute Gasteiger partial charge is 0.518 e. The zero-order valence-electron chi connectivity index (χ0n) is 17.6. The number of amides is 1. The van der Waals surface area contributed by atoms with Crippen molar-refractivity contribution in [1.29, 1.82) is 0 Å². The number of nitrogens with two attached hydrogens (primary N) is 1. The van der Waals surface area contributed by atoms with Crippen LogP contribution in [0.15, 0.2) is 36.4 Å². The van der Waals surface area contributed by atoms with E-state index in [0.717, 1.165) is 5.56 Å². The van der Waals surface area contributed by atoms with E-state index in [0.29, 0.717) is 33.7 Å². The van der Waals surface area contributed by atoms with E-state index in [-0.39, 0.29) is 19.1 Å². The predicted octanol–water partition coefficient (Wildman–Crippen LogP) is 4.34. The monoisotopic (exact) mass is 470 g/mol. The summed E-state index contributed by atoms with van der Waals surface area (Å²) in [7, 11) is 0. The SMILES string of the molecule is CCOc1ccc(CC(OC(C)C)C(=O)O)cc1COC(=O)[NH2+]c1ccc(Cl)cc1Cl. The molecular formula is C22H26Cl2NO6+. The van der Waals surface area contributed by atoms with Gasteiger partial charge in [-0.25, -0.2) is 10.1 Å². The second-order valence-electron chi connectivity index (χ2n) is 7.01. The summed E-state index contributed by atoms with van der Waals surface area (Å²) in [6, 6.07) is 10.1. The molecule has 9 heteroatoms. The third-order valence-corrected chi connectivity index (χ3v) is 4.73. The summed E-state index contributed by atoms with van der Waals surface area (Å²) < 4.78 is 16.4. The van der Waals surface area contributed by atoms with Crippen molar-refractivity contribution in [2.24, 2.45) is 0 Å². The highest BCUT2D eigenvalue weighted by molar-refractivity contribution is 6.35. The summed E-state index contributed by atoms with van der Waals surface area (Å²) >= 11 is 12.0. The van der Waals surface area contributed by atoms with Crippen LogP contribution < -0.4 is 10.1 Å². The third kappa shape index (κ3) is 8.03. The summed E-state index contributed by atoms with van der Waals surface area (Å²) in [5, 5.41) is 11.5. The second kappa shape index (κ2) is 11.9. The molecule has 3 N–H and O–H groups in total. The zero-order chi connectivity index (χ0) is 23.0. The van der Waals surface area contributed by atoms with Crippen molar-refractivity contribution in [2.45, 2.75) is 46.0 Å². The quantitative estimate of drug-likeness (QED) is 0.500. The number of carbonyl (C=O) groups excluding carboxylic acids is 1. The smallest absolute Gasteiger partial charge is 0.493 e. The van der Waals surface area contributed by atoms with Gasteiger partial charge in [-0.3, -0.25) is 0 Å². The van der Waals surface area contributed by atoms with Gasteiger partial charge in [0.15, 0.2) is 11.8 Å². The van der Waals surface area contributed by atoms with E-state index < -0.39 is 18.2 Å². The van der Waals surface area contributed by atoms with E-state index in [9.17, 15) is 14.7 Å². The van der Waals surface area contributed by atoms with E-state index in [1.807, 2.05) is 6.92 Å². The van der Waals surface area contributed by atoms with Gasteiger partial charge >= 0.3 is 12.1 Å². The molecule has 0 aliphatic rings. The van der Waals surface area contributed by atoms with Crippen molar-refractivity contribution in [3.8, 4) is 5.75 Å². The van der Waals surface area contributed by atoms with Crippen LogP contribution in [-0.2, 0) is 27.3 Å².